The molecule has 2 aliphatic rings. The highest BCUT2D eigenvalue weighted by molar-refractivity contribution is 6.27. The number of benzene rings is 1. The molecule has 0 heterocycles. The molecule has 0 radical (unpaired) electrons. The molecule has 0 atom stereocenters. The molecule has 2 nitrogen and oxygen atoms in total. The molecule has 0 saturated heterocycles. The first-order chi connectivity index (χ1) is 10.6. The third kappa shape index (κ3) is 2.92. The van der Waals surface area contributed by atoms with Crippen molar-refractivity contribution in [3.8, 4) is 0 Å². The molecule has 0 fully saturated rings. The Bertz CT molecular complexity index is 635. The summed E-state index contributed by atoms with van der Waals surface area (Å²) in [4.78, 5) is 24.9. The number of carbonyl (C=O) groups excluding carboxylic acids is 2. The topological polar surface area (TPSA) is 34.1 Å². The van der Waals surface area contributed by atoms with Crippen LogP contribution in [-0.4, -0.2) is 11.6 Å². The fourth-order valence-corrected chi connectivity index (χ4v) is 3.56. The number of rotatable bonds is 2. The number of hydrogen-bond acceptors (Lipinski definition) is 2. The van der Waals surface area contributed by atoms with Gasteiger partial charge in [0.1, 0.15) is 0 Å². The Balaban J connectivity index is 0.000000847. The summed E-state index contributed by atoms with van der Waals surface area (Å²) in [5.74, 6) is -0.00331. The zero-order chi connectivity index (χ0) is 16.3. The summed E-state index contributed by atoms with van der Waals surface area (Å²) in [5, 5.41) is 0. The molecule has 2 heteroatoms. The van der Waals surface area contributed by atoms with Gasteiger partial charge in [0.2, 0.25) is 0 Å². The number of Topliss-reactive ketones (excluding diaryl/α,β-unsaturated/α-hetero) is 2. The van der Waals surface area contributed by atoms with E-state index in [1.54, 1.807) is 0 Å². The van der Waals surface area contributed by atoms with Crippen molar-refractivity contribution in [2.75, 3.05) is 0 Å². The van der Waals surface area contributed by atoms with Gasteiger partial charge in [0.15, 0.2) is 11.6 Å². The average molecular weight is 298 g/mol. The second-order valence-electron chi connectivity index (χ2n) is 6.00. The minimum Gasteiger partial charge on any atom is -0.294 e. The van der Waals surface area contributed by atoms with Gasteiger partial charge in [0, 0.05) is 12.0 Å². The summed E-state index contributed by atoms with van der Waals surface area (Å²) in [6.45, 7) is 8.04. The number of allylic oxidation sites excluding steroid dienone is 2. The Morgan fingerprint density at radius 3 is 2.23 bits per heavy atom. The van der Waals surface area contributed by atoms with Gasteiger partial charge in [-0.1, -0.05) is 31.6 Å². The van der Waals surface area contributed by atoms with Crippen molar-refractivity contribution < 1.29 is 9.59 Å². The summed E-state index contributed by atoms with van der Waals surface area (Å²) in [5.41, 5.74) is 6.00. The Morgan fingerprint density at radius 2 is 1.55 bits per heavy atom. The van der Waals surface area contributed by atoms with E-state index in [1.807, 2.05) is 32.9 Å². The van der Waals surface area contributed by atoms with Crippen molar-refractivity contribution in [1.29, 1.82) is 0 Å². The maximum Gasteiger partial charge on any atom is 0.196 e. The molecule has 0 N–H and O–H groups in total. The fraction of sp³-hybridized carbons (Fsp3) is 0.500. The highest BCUT2D eigenvalue weighted by atomic mass is 16.1. The zero-order valence-corrected chi connectivity index (χ0v) is 14.2. The van der Waals surface area contributed by atoms with Crippen LogP contribution in [0.3, 0.4) is 0 Å². The van der Waals surface area contributed by atoms with Crippen molar-refractivity contribution in [3.63, 3.8) is 0 Å². The van der Waals surface area contributed by atoms with Crippen LogP contribution in [0.5, 0.6) is 0 Å². The van der Waals surface area contributed by atoms with Crippen molar-refractivity contribution in [1.82, 2.24) is 0 Å². The van der Waals surface area contributed by atoms with Crippen LogP contribution in [0, 0.1) is 6.92 Å². The molecule has 0 amide bonds. The first-order valence-electron chi connectivity index (χ1n) is 8.48. The van der Waals surface area contributed by atoms with Crippen LogP contribution < -0.4 is 0 Å². The van der Waals surface area contributed by atoms with Crippen LogP contribution >= 0.6 is 0 Å². The van der Waals surface area contributed by atoms with E-state index < -0.39 is 0 Å². The number of fused-ring (bicyclic) bond motifs is 1. The minimum absolute atomic E-state index is 0.0334. The van der Waals surface area contributed by atoms with Crippen LogP contribution in [0.15, 0.2) is 23.3 Å². The van der Waals surface area contributed by atoms with E-state index in [4.69, 9.17) is 0 Å². The lowest BCUT2D eigenvalue weighted by atomic mass is 9.84. The molecule has 22 heavy (non-hydrogen) atoms. The third-order valence-corrected chi connectivity index (χ3v) is 4.65. The van der Waals surface area contributed by atoms with E-state index in [2.05, 4.69) is 6.92 Å². The first-order valence-corrected chi connectivity index (χ1v) is 8.48. The molecule has 0 spiro atoms. The summed E-state index contributed by atoms with van der Waals surface area (Å²) in [7, 11) is 0. The highest BCUT2D eigenvalue weighted by Crippen LogP contribution is 2.32. The second kappa shape index (κ2) is 7.04. The van der Waals surface area contributed by atoms with Crippen molar-refractivity contribution in [3.05, 3.63) is 45.5 Å². The molecule has 3 rings (SSSR count). The second-order valence-corrected chi connectivity index (χ2v) is 6.00. The number of hydrogen-bond donors (Lipinski definition) is 0. The van der Waals surface area contributed by atoms with Gasteiger partial charge in [-0.2, -0.15) is 0 Å². The van der Waals surface area contributed by atoms with Crippen LogP contribution in [0.2, 0.25) is 0 Å². The molecule has 0 bridgehead atoms. The lowest BCUT2D eigenvalue weighted by Crippen LogP contribution is -2.20. The molecule has 1 aromatic carbocycles. The maximum atomic E-state index is 12.8. The largest absolute Gasteiger partial charge is 0.294 e. The highest BCUT2D eigenvalue weighted by Gasteiger charge is 2.28. The van der Waals surface area contributed by atoms with Gasteiger partial charge in [-0.25, -0.2) is 0 Å². The molecule has 118 valence electrons. The lowest BCUT2D eigenvalue weighted by molar-refractivity contribution is -0.115. The lowest BCUT2D eigenvalue weighted by Gasteiger charge is -2.17. The van der Waals surface area contributed by atoms with E-state index in [0.29, 0.717) is 12.0 Å². The van der Waals surface area contributed by atoms with Gasteiger partial charge in [-0.3, -0.25) is 9.59 Å². The normalized spacial score (nSPS) is 17.0. The summed E-state index contributed by atoms with van der Waals surface area (Å²) in [6.07, 6.45) is 5.43. The predicted octanol–water partition coefficient (Wildman–Crippen LogP) is 4.76. The van der Waals surface area contributed by atoms with Crippen LogP contribution in [-0.2, 0) is 17.6 Å². The molecule has 0 saturated carbocycles. The minimum atomic E-state index is -0.0367. The molecule has 0 unspecified atom stereocenters. The van der Waals surface area contributed by atoms with E-state index in [0.717, 1.165) is 43.2 Å². The quantitative estimate of drug-likeness (QED) is 0.582. The van der Waals surface area contributed by atoms with Crippen molar-refractivity contribution >= 4 is 11.6 Å². The Kier molecular flexibility index (Phi) is 5.33. The fourth-order valence-electron chi connectivity index (χ4n) is 3.56. The van der Waals surface area contributed by atoms with Gasteiger partial charge in [0.25, 0.3) is 0 Å². The SMILES string of the molecule is CC.CC1=C(C(=O)c2ccc(C)c3c2CCC3)C(=O)CCC1. The maximum absolute atomic E-state index is 12.8. The molecule has 0 aliphatic heterocycles. The van der Waals surface area contributed by atoms with Crippen molar-refractivity contribution in [2.24, 2.45) is 0 Å². The van der Waals surface area contributed by atoms with E-state index in [-0.39, 0.29) is 11.6 Å². The van der Waals surface area contributed by atoms with E-state index in [1.165, 1.54) is 16.7 Å². The van der Waals surface area contributed by atoms with E-state index in [9.17, 15) is 9.59 Å². The number of aryl methyl sites for hydroxylation is 1. The smallest absolute Gasteiger partial charge is 0.196 e. The van der Waals surface area contributed by atoms with Gasteiger partial charge in [-0.15, -0.1) is 0 Å². The third-order valence-electron chi connectivity index (χ3n) is 4.65. The Labute approximate surface area is 133 Å². The first kappa shape index (κ1) is 16.7. The van der Waals surface area contributed by atoms with Crippen molar-refractivity contribution in [2.45, 2.75) is 66.2 Å². The van der Waals surface area contributed by atoms with Gasteiger partial charge >= 0.3 is 0 Å². The average Bonchev–Trinajstić information content (AvgIpc) is 3.00. The summed E-state index contributed by atoms with van der Waals surface area (Å²) < 4.78 is 0. The van der Waals surface area contributed by atoms with E-state index >= 15 is 0 Å². The Morgan fingerprint density at radius 1 is 0.909 bits per heavy atom. The summed E-state index contributed by atoms with van der Waals surface area (Å²) >= 11 is 0. The molecule has 2 aliphatic carbocycles. The Hall–Kier alpha value is -1.70. The molecule has 0 aromatic heterocycles. The van der Waals surface area contributed by atoms with Crippen LogP contribution in [0.25, 0.3) is 0 Å². The monoisotopic (exact) mass is 298 g/mol. The van der Waals surface area contributed by atoms with Crippen LogP contribution in [0.4, 0.5) is 0 Å². The van der Waals surface area contributed by atoms with Gasteiger partial charge in [-0.05, 0) is 62.6 Å². The van der Waals surface area contributed by atoms with Gasteiger partial charge in [0.05, 0.1) is 5.57 Å². The molecular formula is C20H26O2. The molecule has 1 aromatic rings. The summed E-state index contributed by atoms with van der Waals surface area (Å²) in [6, 6.07) is 3.95. The number of carbonyl (C=O) groups is 2. The standard InChI is InChI=1S/C18H20O2.C2H6/c1-11-9-10-15(14-7-4-6-13(11)14)18(20)17-12(2)5-3-8-16(17)19;1-2/h9-10H,3-8H2,1-2H3;1-2H3. The zero-order valence-electron chi connectivity index (χ0n) is 14.2. The number of ketones is 2. The molecular weight excluding hydrogens is 272 g/mol. The predicted molar refractivity (Wildman–Crippen MR) is 90.4 cm³/mol. The van der Waals surface area contributed by atoms with Gasteiger partial charge < -0.3 is 0 Å². The van der Waals surface area contributed by atoms with Crippen LogP contribution in [0.1, 0.15) is 73.5 Å².